The number of carbonyl (C=O) groups is 2. The summed E-state index contributed by atoms with van der Waals surface area (Å²) in [4.78, 5) is 28.4. The first kappa shape index (κ1) is 24.3. The number of esters is 1. The van der Waals surface area contributed by atoms with E-state index >= 15 is 0 Å². The minimum absolute atomic E-state index is 0.0815. The molecule has 0 bridgehead atoms. The number of nitrogens with zero attached hydrogens (tertiary/aromatic N) is 3. The summed E-state index contributed by atoms with van der Waals surface area (Å²) in [7, 11) is 1.39. The van der Waals surface area contributed by atoms with Crippen LogP contribution in [-0.2, 0) is 15.7 Å². The van der Waals surface area contributed by atoms with Crippen LogP contribution in [0, 0.1) is 0 Å². The molecule has 0 saturated carbocycles. The number of ether oxygens (including phenoxy) is 3. The van der Waals surface area contributed by atoms with Crippen molar-refractivity contribution < 1.29 is 37.0 Å². The van der Waals surface area contributed by atoms with Crippen molar-refractivity contribution in [1.82, 2.24) is 14.8 Å². The first-order valence-corrected chi connectivity index (χ1v) is 9.68. The lowest BCUT2D eigenvalue weighted by Gasteiger charge is -2.14. The van der Waals surface area contributed by atoms with Crippen LogP contribution in [0.1, 0.15) is 15.9 Å². The fraction of sp³-hybridized carbons (Fsp3) is 0.182. The molecule has 0 aliphatic carbocycles. The van der Waals surface area contributed by atoms with Gasteiger partial charge in [-0.1, -0.05) is 12.7 Å². The van der Waals surface area contributed by atoms with Gasteiger partial charge in [-0.25, -0.2) is 14.5 Å². The van der Waals surface area contributed by atoms with Crippen LogP contribution in [0.25, 0.3) is 5.69 Å². The second-order valence-electron chi connectivity index (χ2n) is 6.66. The van der Waals surface area contributed by atoms with Crippen molar-refractivity contribution >= 4 is 17.6 Å². The SMILES string of the molecule is C=CCOc1ccc(C(=O)OCC(=O)Nc2cc(C(F)(F)F)ccc2-n2cncn2)cc1OC. The van der Waals surface area contributed by atoms with E-state index in [0.29, 0.717) is 5.75 Å². The Morgan fingerprint density at radius 1 is 1.18 bits per heavy atom. The van der Waals surface area contributed by atoms with E-state index in [1.807, 2.05) is 0 Å². The molecular formula is C22H19F3N4O5. The molecule has 0 atom stereocenters. The molecule has 1 amide bonds. The van der Waals surface area contributed by atoms with Crippen molar-refractivity contribution in [3.8, 4) is 17.2 Å². The van der Waals surface area contributed by atoms with Crippen LogP contribution in [0.2, 0.25) is 0 Å². The maximum atomic E-state index is 13.1. The summed E-state index contributed by atoms with van der Waals surface area (Å²) in [5, 5.41) is 6.18. The third-order valence-electron chi connectivity index (χ3n) is 4.35. The minimum Gasteiger partial charge on any atom is -0.493 e. The predicted octanol–water partition coefficient (Wildman–Crippen LogP) is 3.66. The lowest BCUT2D eigenvalue weighted by molar-refractivity contribution is -0.137. The van der Waals surface area contributed by atoms with Crippen molar-refractivity contribution in [1.29, 1.82) is 0 Å². The van der Waals surface area contributed by atoms with E-state index in [-0.39, 0.29) is 29.3 Å². The van der Waals surface area contributed by atoms with Crippen molar-refractivity contribution in [3.05, 3.63) is 72.8 Å². The first-order chi connectivity index (χ1) is 16.2. The van der Waals surface area contributed by atoms with E-state index < -0.39 is 30.2 Å². The monoisotopic (exact) mass is 476 g/mol. The van der Waals surface area contributed by atoms with Crippen molar-refractivity contribution in [2.75, 3.05) is 25.6 Å². The van der Waals surface area contributed by atoms with Gasteiger partial charge in [-0.05, 0) is 36.4 Å². The maximum Gasteiger partial charge on any atom is 0.416 e. The zero-order chi connectivity index (χ0) is 24.7. The largest absolute Gasteiger partial charge is 0.493 e. The molecule has 3 aromatic rings. The van der Waals surface area contributed by atoms with E-state index in [1.165, 1.54) is 42.6 Å². The average molecular weight is 476 g/mol. The Bertz CT molecular complexity index is 1180. The number of carbonyl (C=O) groups excluding carboxylic acids is 2. The fourth-order valence-corrected chi connectivity index (χ4v) is 2.81. The maximum absolute atomic E-state index is 13.1. The van der Waals surface area contributed by atoms with Crippen LogP contribution < -0.4 is 14.8 Å². The Morgan fingerprint density at radius 3 is 2.62 bits per heavy atom. The average Bonchev–Trinajstić information content (AvgIpc) is 3.35. The molecule has 3 rings (SSSR count). The number of amides is 1. The Kier molecular flexibility index (Phi) is 7.51. The van der Waals surface area contributed by atoms with Gasteiger partial charge in [0.2, 0.25) is 0 Å². The van der Waals surface area contributed by atoms with Gasteiger partial charge in [-0.3, -0.25) is 4.79 Å². The minimum atomic E-state index is -4.63. The molecule has 2 aromatic carbocycles. The van der Waals surface area contributed by atoms with Gasteiger partial charge in [0, 0.05) is 0 Å². The van der Waals surface area contributed by atoms with E-state index in [0.717, 1.165) is 18.2 Å². The summed E-state index contributed by atoms with van der Waals surface area (Å²) < 4.78 is 56.2. The van der Waals surface area contributed by atoms with E-state index in [1.54, 1.807) is 6.08 Å². The summed E-state index contributed by atoms with van der Waals surface area (Å²) >= 11 is 0. The Hall–Kier alpha value is -4.35. The van der Waals surface area contributed by atoms with E-state index in [4.69, 9.17) is 14.2 Å². The number of nitrogens with one attached hydrogen (secondary N) is 1. The number of anilines is 1. The molecule has 34 heavy (non-hydrogen) atoms. The number of halogens is 3. The van der Waals surface area contributed by atoms with Crippen molar-refractivity contribution in [3.63, 3.8) is 0 Å². The molecule has 0 unspecified atom stereocenters. The summed E-state index contributed by atoms with van der Waals surface area (Å²) in [6.07, 6.45) is -0.645. The highest BCUT2D eigenvalue weighted by atomic mass is 19.4. The number of methoxy groups -OCH3 is 1. The molecule has 0 radical (unpaired) electrons. The van der Waals surface area contributed by atoms with Crippen LogP contribution in [0.3, 0.4) is 0 Å². The Balaban J connectivity index is 1.71. The highest BCUT2D eigenvalue weighted by Crippen LogP contribution is 2.33. The molecule has 1 aromatic heterocycles. The Morgan fingerprint density at radius 2 is 1.97 bits per heavy atom. The molecule has 9 nitrogen and oxygen atoms in total. The molecule has 178 valence electrons. The highest BCUT2D eigenvalue weighted by molar-refractivity contribution is 5.97. The highest BCUT2D eigenvalue weighted by Gasteiger charge is 2.31. The topological polar surface area (TPSA) is 105 Å². The van der Waals surface area contributed by atoms with E-state index in [9.17, 15) is 22.8 Å². The van der Waals surface area contributed by atoms with Gasteiger partial charge in [-0.15, -0.1) is 0 Å². The smallest absolute Gasteiger partial charge is 0.416 e. The van der Waals surface area contributed by atoms with Crippen LogP contribution >= 0.6 is 0 Å². The van der Waals surface area contributed by atoms with Crippen LogP contribution in [-0.4, -0.2) is 47.0 Å². The van der Waals surface area contributed by atoms with Crippen LogP contribution in [0.5, 0.6) is 11.5 Å². The van der Waals surface area contributed by atoms with Crippen molar-refractivity contribution in [2.24, 2.45) is 0 Å². The third-order valence-corrected chi connectivity index (χ3v) is 4.35. The van der Waals surface area contributed by atoms with Crippen LogP contribution in [0.4, 0.5) is 18.9 Å². The molecule has 0 saturated heterocycles. The molecule has 1 N–H and O–H groups in total. The molecule has 0 aliphatic heterocycles. The second-order valence-corrected chi connectivity index (χ2v) is 6.66. The van der Waals surface area contributed by atoms with Gasteiger partial charge in [0.05, 0.1) is 29.6 Å². The quantitative estimate of drug-likeness (QED) is 0.371. The number of benzene rings is 2. The van der Waals surface area contributed by atoms with Gasteiger partial charge in [-0.2, -0.15) is 18.3 Å². The molecule has 1 heterocycles. The van der Waals surface area contributed by atoms with Gasteiger partial charge in [0.1, 0.15) is 19.3 Å². The van der Waals surface area contributed by atoms with Gasteiger partial charge in [0.15, 0.2) is 18.1 Å². The zero-order valence-electron chi connectivity index (χ0n) is 17.8. The second kappa shape index (κ2) is 10.5. The molecule has 0 spiro atoms. The Labute approximate surface area is 191 Å². The number of hydrogen-bond acceptors (Lipinski definition) is 7. The van der Waals surface area contributed by atoms with Crippen molar-refractivity contribution in [2.45, 2.75) is 6.18 Å². The third kappa shape index (κ3) is 5.91. The lowest BCUT2D eigenvalue weighted by atomic mass is 10.1. The lowest BCUT2D eigenvalue weighted by Crippen LogP contribution is -2.22. The standard InChI is InChI=1S/C22H19F3N4O5/c1-3-8-33-18-7-4-14(9-19(18)32-2)21(31)34-11-20(30)28-16-10-15(22(23,24)25)5-6-17(16)29-13-26-12-27-29/h3-7,9-10,12-13H,1,8,11H2,2H3,(H,28,30). The van der Waals surface area contributed by atoms with Gasteiger partial charge >= 0.3 is 12.1 Å². The van der Waals surface area contributed by atoms with Gasteiger partial charge < -0.3 is 19.5 Å². The zero-order valence-corrected chi connectivity index (χ0v) is 17.8. The number of alkyl halides is 3. The normalized spacial score (nSPS) is 10.9. The molecule has 0 fully saturated rings. The number of rotatable bonds is 9. The molecule has 12 heteroatoms. The summed E-state index contributed by atoms with van der Waals surface area (Å²) in [5.41, 5.74) is -0.940. The molecule has 0 aliphatic rings. The summed E-state index contributed by atoms with van der Waals surface area (Å²) in [6.45, 7) is 3.02. The number of aromatic nitrogens is 3. The summed E-state index contributed by atoms with van der Waals surface area (Å²) in [5.74, 6) is -1.06. The van der Waals surface area contributed by atoms with Crippen LogP contribution in [0.15, 0.2) is 61.7 Å². The molecular weight excluding hydrogens is 457 g/mol. The first-order valence-electron chi connectivity index (χ1n) is 9.68. The van der Waals surface area contributed by atoms with Gasteiger partial charge in [0.25, 0.3) is 5.91 Å². The summed E-state index contributed by atoms with van der Waals surface area (Å²) in [6, 6.07) is 7.02. The number of hydrogen-bond donors (Lipinski definition) is 1. The van der Waals surface area contributed by atoms with E-state index in [2.05, 4.69) is 22.0 Å². The predicted molar refractivity (Wildman–Crippen MR) is 114 cm³/mol. The fourth-order valence-electron chi connectivity index (χ4n) is 2.81.